The molecule has 1 unspecified atom stereocenters. The number of benzene rings is 1. The Morgan fingerprint density at radius 1 is 1.14 bits per heavy atom. The summed E-state index contributed by atoms with van der Waals surface area (Å²) in [5, 5.41) is 3.31. The molecule has 0 spiro atoms. The quantitative estimate of drug-likeness (QED) is 0.926. The maximum atomic E-state index is 12.1. The molecule has 2 heterocycles. The minimum atomic E-state index is -0.218. The molecule has 5 nitrogen and oxygen atoms in total. The molecule has 1 aromatic rings. The van der Waals surface area contributed by atoms with Crippen LogP contribution in [-0.2, 0) is 16.1 Å². The van der Waals surface area contributed by atoms with E-state index >= 15 is 0 Å². The van der Waals surface area contributed by atoms with Crippen LogP contribution in [0.15, 0.2) is 30.3 Å². The summed E-state index contributed by atoms with van der Waals surface area (Å²) in [5.74, 6) is 0. The molecule has 1 N–H and O–H groups in total. The standard InChI is InChI=1S/C17H24N2O3/c20-17(21-13-14-4-2-1-3-5-14)19-10-7-15(8-11-19)22-16-6-9-18-12-16/h1-5,15-16,18H,6-13H2. The number of carbonyl (C=O) groups excluding carboxylic acids is 1. The molecule has 2 saturated heterocycles. The first-order valence-corrected chi connectivity index (χ1v) is 8.13. The summed E-state index contributed by atoms with van der Waals surface area (Å²) >= 11 is 0. The monoisotopic (exact) mass is 304 g/mol. The Bertz CT molecular complexity index is 466. The maximum absolute atomic E-state index is 12.1. The number of nitrogens with zero attached hydrogens (tertiary/aromatic N) is 1. The first-order valence-electron chi connectivity index (χ1n) is 8.13. The topological polar surface area (TPSA) is 50.8 Å². The first kappa shape index (κ1) is 15.3. The van der Waals surface area contributed by atoms with Crippen LogP contribution in [-0.4, -0.2) is 49.4 Å². The van der Waals surface area contributed by atoms with Gasteiger partial charge >= 0.3 is 6.09 Å². The molecule has 22 heavy (non-hydrogen) atoms. The van der Waals surface area contributed by atoms with E-state index in [4.69, 9.17) is 9.47 Å². The minimum Gasteiger partial charge on any atom is -0.445 e. The molecule has 0 aliphatic carbocycles. The van der Waals surface area contributed by atoms with Crippen molar-refractivity contribution in [1.82, 2.24) is 10.2 Å². The van der Waals surface area contributed by atoms with Gasteiger partial charge in [0.1, 0.15) is 6.61 Å². The van der Waals surface area contributed by atoms with Crippen LogP contribution in [0.3, 0.4) is 0 Å². The predicted molar refractivity (Wildman–Crippen MR) is 83.6 cm³/mol. The number of ether oxygens (including phenoxy) is 2. The van der Waals surface area contributed by atoms with Crippen LogP contribution in [0.1, 0.15) is 24.8 Å². The van der Waals surface area contributed by atoms with Crippen molar-refractivity contribution in [1.29, 1.82) is 0 Å². The van der Waals surface area contributed by atoms with E-state index < -0.39 is 0 Å². The van der Waals surface area contributed by atoms with Gasteiger partial charge in [-0.05, 0) is 31.4 Å². The van der Waals surface area contributed by atoms with Crippen LogP contribution in [0.5, 0.6) is 0 Å². The highest BCUT2D eigenvalue weighted by atomic mass is 16.6. The second-order valence-corrected chi connectivity index (χ2v) is 5.98. The van der Waals surface area contributed by atoms with E-state index in [9.17, 15) is 4.79 Å². The van der Waals surface area contributed by atoms with Crippen LogP contribution in [0, 0.1) is 0 Å². The van der Waals surface area contributed by atoms with E-state index in [1.807, 2.05) is 30.3 Å². The number of piperidine rings is 1. The number of hydrogen-bond acceptors (Lipinski definition) is 4. The van der Waals surface area contributed by atoms with Crippen molar-refractivity contribution in [3.63, 3.8) is 0 Å². The lowest BCUT2D eigenvalue weighted by Gasteiger charge is -2.32. The molecular formula is C17H24N2O3. The SMILES string of the molecule is O=C(OCc1ccccc1)N1CCC(OC2CCNC2)CC1. The first-order chi connectivity index (χ1) is 10.8. The van der Waals surface area contributed by atoms with Gasteiger partial charge in [-0.2, -0.15) is 0 Å². The Kier molecular flexibility index (Phi) is 5.29. The number of likely N-dealkylation sites (tertiary alicyclic amines) is 1. The second kappa shape index (κ2) is 7.61. The second-order valence-electron chi connectivity index (χ2n) is 5.98. The van der Waals surface area contributed by atoms with Gasteiger partial charge in [0.05, 0.1) is 12.2 Å². The smallest absolute Gasteiger partial charge is 0.410 e. The van der Waals surface area contributed by atoms with Gasteiger partial charge in [-0.1, -0.05) is 30.3 Å². The average molecular weight is 304 g/mol. The highest BCUT2D eigenvalue weighted by Gasteiger charge is 2.27. The molecule has 120 valence electrons. The summed E-state index contributed by atoms with van der Waals surface area (Å²) in [6, 6.07) is 9.77. The van der Waals surface area contributed by atoms with Crippen LogP contribution in [0.25, 0.3) is 0 Å². The molecule has 2 aliphatic rings. The molecule has 0 saturated carbocycles. The lowest BCUT2D eigenvalue weighted by molar-refractivity contribution is -0.0330. The zero-order chi connectivity index (χ0) is 15.2. The molecule has 0 bridgehead atoms. The Labute approximate surface area is 131 Å². The van der Waals surface area contributed by atoms with E-state index in [1.165, 1.54) is 0 Å². The fourth-order valence-electron chi connectivity index (χ4n) is 3.00. The van der Waals surface area contributed by atoms with Crippen molar-refractivity contribution in [2.75, 3.05) is 26.2 Å². The lowest BCUT2D eigenvalue weighted by Crippen LogP contribution is -2.42. The fraction of sp³-hybridized carbons (Fsp3) is 0.588. The van der Waals surface area contributed by atoms with Crippen molar-refractivity contribution in [3.8, 4) is 0 Å². The van der Waals surface area contributed by atoms with Gasteiger partial charge in [0.15, 0.2) is 0 Å². The van der Waals surface area contributed by atoms with Crippen LogP contribution in [0.2, 0.25) is 0 Å². The molecule has 1 amide bonds. The molecule has 5 heteroatoms. The summed E-state index contributed by atoms with van der Waals surface area (Å²) in [6.07, 6.45) is 3.31. The molecule has 2 aliphatic heterocycles. The fourth-order valence-corrected chi connectivity index (χ4v) is 3.00. The lowest BCUT2D eigenvalue weighted by atomic mass is 10.1. The Morgan fingerprint density at radius 2 is 1.91 bits per heavy atom. The van der Waals surface area contributed by atoms with Crippen molar-refractivity contribution in [2.24, 2.45) is 0 Å². The van der Waals surface area contributed by atoms with Crippen LogP contribution >= 0.6 is 0 Å². The van der Waals surface area contributed by atoms with Crippen molar-refractivity contribution >= 4 is 6.09 Å². The van der Waals surface area contributed by atoms with E-state index in [0.717, 1.165) is 51.0 Å². The molecule has 1 aromatic carbocycles. The number of nitrogens with one attached hydrogen (secondary N) is 1. The summed E-state index contributed by atoms with van der Waals surface area (Å²) in [6.45, 7) is 3.79. The third kappa shape index (κ3) is 4.21. The highest BCUT2D eigenvalue weighted by Crippen LogP contribution is 2.18. The van der Waals surface area contributed by atoms with E-state index in [2.05, 4.69) is 5.32 Å². The zero-order valence-electron chi connectivity index (χ0n) is 12.9. The summed E-state index contributed by atoms with van der Waals surface area (Å²) in [7, 11) is 0. The molecule has 0 radical (unpaired) electrons. The number of rotatable bonds is 4. The van der Waals surface area contributed by atoms with E-state index in [0.29, 0.717) is 12.7 Å². The predicted octanol–water partition coefficient (Wildman–Crippen LogP) is 2.17. The van der Waals surface area contributed by atoms with Crippen molar-refractivity contribution < 1.29 is 14.3 Å². The highest BCUT2D eigenvalue weighted by molar-refractivity contribution is 5.67. The zero-order valence-corrected chi connectivity index (χ0v) is 12.9. The Morgan fingerprint density at radius 3 is 2.59 bits per heavy atom. The largest absolute Gasteiger partial charge is 0.445 e. The van der Waals surface area contributed by atoms with Gasteiger partial charge in [-0.25, -0.2) is 4.79 Å². The normalized spacial score (nSPS) is 22.7. The van der Waals surface area contributed by atoms with Gasteiger partial charge < -0.3 is 19.7 Å². The third-order valence-electron chi connectivity index (χ3n) is 4.31. The maximum Gasteiger partial charge on any atom is 0.410 e. The number of hydrogen-bond donors (Lipinski definition) is 1. The summed E-state index contributed by atoms with van der Waals surface area (Å²) in [5.41, 5.74) is 1.02. The minimum absolute atomic E-state index is 0.218. The molecule has 2 fully saturated rings. The molecule has 1 atom stereocenters. The Balaban J connectivity index is 1.38. The summed E-state index contributed by atoms with van der Waals surface area (Å²) in [4.78, 5) is 13.9. The van der Waals surface area contributed by atoms with Gasteiger partial charge in [0, 0.05) is 19.6 Å². The molecular weight excluding hydrogens is 280 g/mol. The van der Waals surface area contributed by atoms with Gasteiger partial charge in [0.25, 0.3) is 0 Å². The summed E-state index contributed by atoms with van der Waals surface area (Å²) < 4.78 is 11.4. The van der Waals surface area contributed by atoms with Crippen molar-refractivity contribution in [3.05, 3.63) is 35.9 Å². The van der Waals surface area contributed by atoms with Crippen molar-refractivity contribution in [2.45, 2.75) is 38.1 Å². The number of carbonyl (C=O) groups is 1. The van der Waals surface area contributed by atoms with Crippen LogP contribution in [0.4, 0.5) is 4.79 Å². The van der Waals surface area contributed by atoms with Gasteiger partial charge in [-0.15, -0.1) is 0 Å². The van der Waals surface area contributed by atoms with Crippen LogP contribution < -0.4 is 5.32 Å². The van der Waals surface area contributed by atoms with Gasteiger partial charge in [-0.3, -0.25) is 0 Å². The molecule has 0 aromatic heterocycles. The third-order valence-corrected chi connectivity index (χ3v) is 4.31. The number of amides is 1. The average Bonchev–Trinajstić information content (AvgIpc) is 3.07. The molecule has 3 rings (SSSR count). The van der Waals surface area contributed by atoms with E-state index in [1.54, 1.807) is 4.90 Å². The Hall–Kier alpha value is -1.59. The van der Waals surface area contributed by atoms with E-state index in [-0.39, 0.29) is 12.2 Å². The van der Waals surface area contributed by atoms with Gasteiger partial charge in [0.2, 0.25) is 0 Å².